The van der Waals surface area contributed by atoms with Crippen LogP contribution in [0.5, 0.6) is 0 Å². The summed E-state index contributed by atoms with van der Waals surface area (Å²) in [4.78, 5) is 12.3. The van der Waals surface area contributed by atoms with E-state index in [2.05, 4.69) is 10.6 Å². The lowest BCUT2D eigenvalue weighted by Gasteiger charge is -2.12. The van der Waals surface area contributed by atoms with Crippen molar-refractivity contribution in [1.82, 2.24) is 0 Å². The first-order valence-electron chi connectivity index (χ1n) is 6.48. The van der Waals surface area contributed by atoms with Gasteiger partial charge in [-0.25, -0.2) is 0 Å². The molecule has 0 aliphatic carbocycles. The summed E-state index contributed by atoms with van der Waals surface area (Å²) in [5, 5.41) is 6.72. The second kappa shape index (κ2) is 6.37. The number of rotatable bonds is 3. The van der Waals surface area contributed by atoms with Crippen LogP contribution in [0.15, 0.2) is 30.3 Å². The minimum atomic E-state index is -0.241. The van der Waals surface area contributed by atoms with Crippen LogP contribution in [0.3, 0.4) is 0 Å². The summed E-state index contributed by atoms with van der Waals surface area (Å²) in [5.74, 6) is -0.241. The van der Waals surface area contributed by atoms with Crippen LogP contribution in [-0.2, 0) is 0 Å². The van der Waals surface area contributed by atoms with Crippen LogP contribution in [0.1, 0.15) is 21.5 Å². The molecule has 0 saturated heterocycles. The Morgan fingerprint density at radius 1 is 1.05 bits per heavy atom. The average molecular weight is 323 g/mol. The Morgan fingerprint density at radius 3 is 2.38 bits per heavy atom. The van der Waals surface area contributed by atoms with Crippen LogP contribution < -0.4 is 10.6 Å². The summed E-state index contributed by atoms with van der Waals surface area (Å²) < 4.78 is 0. The van der Waals surface area contributed by atoms with Crippen LogP contribution in [0.4, 0.5) is 11.4 Å². The Kier molecular flexibility index (Phi) is 4.76. The van der Waals surface area contributed by atoms with Crippen LogP contribution in [0.25, 0.3) is 0 Å². The van der Waals surface area contributed by atoms with Gasteiger partial charge in [0.2, 0.25) is 0 Å². The molecule has 0 fully saturated rings. The van der Waals surface area contributed by atoms with Gasteiger partial charge in [-0.15, -0.1) is 0 Å². The Morgan fingerprint density at radius 2 is 1.76 bits per heavy atom. The lowest BCUT2D eigenvalue weighted by molar-refractivity contribution is 0.102. The highest BCUT2D eigenvalue weighted by Gasteiger charge is 2.13. The molecule has 0 heterocycles. The Bertz CT molecular complexity index is 699. The van der Waals surface area contributed by atoms with E-state index >= 15 is 0 Å². The third-order valence-electron chi connectivity index (χ3n) is 3.28. The van der Waals surface area contributed by atoms with Crippen molar-refractivity contribution in [2.75, 3.05) is 17.7 Å². The predicted molar refractivity (Wildman–Crippen MR) is 89.9 cm³/mol. The number of anilines is 2. The van der Waals surface area contributed by atoms with Gasteiger partial charge in [0, 0.05) is 18.3 Å². The predicted octanol–water partition coefficient (Wildman–Crippen LogP) is 4.90. The molecule has 5 heteroatoms. The molecule has 2 N–H and O–H groups in total. The maximum Gasteiger partial charge on any atom is 0.255 e. The fourth-order valence-electron chi connectivity index (χ4n) is 2.04. The van der Waals surface area contributed by atoms with E-state index in [-0.39, 0.29) is 5.91 Å². The summed E-state index contributed by atoms with van der Waals surface area (Å²) in [6, 6.07) is 8.97. The maximum absolute atomic E-state index is 12.3. The SMILES string of the molecule is CNc1ccc(C(=O)Nc2c(Cl)ccc(C)c2Cl)cc1C. The van der Waals surface area contributed by atoms with Crippen LogP contribution in [-0.4, -0.2) is 13.0 Å². The normalized spacial score (nSPS) is 10.3. The molecule has 0 aromatic heterocycles. The number of hydrogen-bond donors (Lipinski definition) is 2. The van der Waals surface area contributed by atoms with E-state index in [9.17, 15) is 4.79 Å². The molecule has 2 rings (SSSR count). The van der Waals surface area contributed by atoms with Gasteiger partial charge in [0.15, 0.2) is 0 Å². The maximum atomic E-state index is 12.3. The zero-order valence-electron chi connectivity index (χ0n) is 12.1. The third kappa shape index (κ3) is 3.31. The smallest absolute Gasteiger partial charge is 0.255 e. The molecule has 0 aliphatic rings. The van der Waals surface area contributed by atoms with Crippen molar-refractivity contribution < 1.29 is 4.79 Å². The Labute approximate surface area is 134 Å². The summed E-state index contributed by atoms with van der Waals surface area (Å²) in [6.45, 7) is 3.80. The van der Waals surface area contributed by atoms with Gasteiger partial charge in [0.05, 0.1) is 15.7 Å². The van der Waals surface area contributed by atoms with Gasteiger partial charge in [-0.2, -0.15) is 0 Å². The molecule has 0 saturated carbocycles. The molecule has 0 spiro atoms. The first-order chi connectivity index (χ1) is 9.93. The quantitative estimate of drug-likeness (QED) is 0.843. The van der Waals surface area contributed by atoms with Crippen molar-refractivity contribution in [3.05, 3.63) is 57.1 Å². The van der Waals surface area contributed by atoms with E-state index in [0.717, 1.165) is 16.8 Å². The zero-order chi connectivity index (χ0) is 15.6. The number of halogens is 2. The van der Waals surface area contributed by atoms with E-state index in [1.807, 2.05) is 39.1 Å². The highest BCUT2D eigenvalue weighted by atomic mass is 35.5. The third-order valence-corrected chi connectivity index (χ3v) is 4.08. The number of aryl methyl sites for hydroxylation is 2. The summed E-state index contributed by atoms with van der Waals surface area (Å²) >= 11 is 12.3. The van der Waals surface area contributed by atoms with Gasteiger partial charge in [0.25, 0.3) is 5.91 Å². The standard InChI is InChI=1S/C16H16Cl2N2O/c1-9-4-6-12(17)15(14(9)18)20-16(21)11-5-7-13(19-3)10(2)8-11/h4-8,19H,1-3H3,(H,20,21). The lowest BCUT2D eigenvalue weighted by Crippen LogP contribution is -2.13. The van der Waals surface area contributed by atoms with Gasteiger partial charge in [0.1, 0.15) is 0 Å². The molecule has 0 unspecified atom stereocenters. The fourth-order valence-corrected chi connectivity index (χ4v) is 2.51. The van der Waals surface area contributed by atoms with Crippen molar-refractivity contribution in [3.63, 3.8) is 0 Å². The van der Waals surface area contributed by atoms with Gasteiger partial charge in [-0.05, 0) is 49.2 Å². The molecule has 0 atom stereocenters. The van der Waals surface area contributed by atoms with Crippen molar-refractivity contribution in [3.8, 4) is 0 Å². The monoisotopic (exact) mass is 322 g/mol. The molecule has 0 bridgehead atoms. The van der Waals surface area contributed by atoms with Crippen molar-refractivity contribution >= 4 is 40.5 Å². The molecule has 2 aromatic carbocycles. The summed E-state index contributed by atoms with van der Waals surface area (Å²) in [6.07, 6.45) is 0. The average Bonchev–Trinajstić information content (AvgIpc) is 2.47. The molecular weight excluding hydrogens is 307 g/mol. The van der Waals surface area contributed by atoms with Gasteiger partial charge < -0.3 is 10.6 Å². The van der Waals surface area contributed by atoms with E-state index < -0.39 is 0 Å². The second-order valence-electron chi connectivity index (χ2n) is 4.79. The summed E-state index contributed by atoms with van der Waals surface area (Å²) in [7, 11) is 1.84. The number of carbonyl (C=O) groups excluding carboxylic acids is 1. The molecule has 0 aliphatic heterocycles. The molecule has 2 aromatic rings. The number of benzene rings is 2. The highest BCUT2D eigenvalue weighted by molar-refractivity contribution is 6.40. The van der Waals surface area contributed by atoms with Crippen molar-refractivity contribution in [2.24, 2.45) is 0 Å². The van der Waals surface area contributed by atoms with Crippen molar-refractivity contribution in [2.45, 2.75) is 13.8 Å². The van der Waals surface area contributed by atoms with E-state index in [1.54, 1.807) is 12.1 Å². The van der Waals surface area contributed by atoms with Crippen LogP contribution in [0, 0.1) is 13.8 Å². The number of carbonyl (C=O) groups is 1. The van der Waals surface area contributed by atoms with Crippen molar-refractivity contribution in [1.29, 1.82) is 0 Å². The second-order valence-corrected chi connectivity index (χ2v) is 5.57. The van der Waals surface area contributed by atoms with Gasteiger partial charge in [-0.3, -0.25) is 4.79 Å². The Hall–Kier alpha value is -1.71. The minimum absolute atomic E-state index is 0.241. The largest absolute Gasteiger partial charge is 0.388 e. The molecule has 3 nitrogen and oxygen atoms in total. The topological polar surface area (TPSA) is 41.1 Å². The summed E-state index contributed by atoms with van der Waals surface area (Å²) in [5.41, 5.74) is 3.83. The van der Waals surface area contributed by atoms with E-state index in [4.69, 9.17) is 23.2 Å². The first kappa shape index (κ1) is 15.7. The van der Waals surface area contributed by atoms with Gasteiger partial charge in [-0.1, -0.05) is 29.3 Å². The van der Waals surface area contributed by atoms with Crippen LogP contribution in [0.2, 0.25) is 10.0 Å². The minimum Gasteiger partial charge on any atom is -0.388 e. The molecular formula is C16H16Cl2N2O. The molecule has 110 valence electrons. The number of hydrogen-bond acceptors (Lipinski definition) is 2. The number of amides is 1. The molecule has 1 amide bonds. The van der Waals surface area contributed by atoms with E-state index in [0.29, 0.717) is 21.3 Å². The Balaban J connectivity index is 2.30. The lowest BCUT2D eigenvalue weighted by atomic mass is 10.1. The highest BCUT2D eigenvalue weighted by Crippen LogP contribution is 2.33. The number of nitrogens with one attached hydrogen (secondary N) is 2. The van der Waals surface area contributed by atoms with Crippen LogP contribution >= 0.6 is 23.2 Å². The molecule has 21 heavy (non-hydrogen) atoms. The van der Waals surface area contributed by atoms with E-state index in [1.165, 1.54) is 0 Å². The van der Waals surface area contributed by atoms with Gasteiger partial charge >= 0.3 is 0 Å². The first-order valence-corrected chi connectivity index (χ1v) is 7.24. The molecule has 0 radical (unpaired) electrons. The fraction of sp³-hybridized carbons (Fsp3) is 0.188. The zero-order valence-corrected chi connectivity index (χ0v) is 13.6.